The van der Waals surface area contributed by atoms with Gasteiger partial charge >= 0.3 is 0 Å². The number of halogens is 1. The first-order valence-corrected chi connectivity index (χ1v) is 7.22. The Morgan fingerprint density at radius 3 is 2.71 bits per heavy atom. The van der Waals surface area contributed by atoms with Crippen LogP contribution >= 0.6 is 15.9 Å². The Balaban J connectivity index is 2.38. The highest BCUT2D eigenvalue weighted by Gasteiger charge is 2.12. The Kier molecular flexibility index (Phi) is 3.51. The maximum absolute atomic E-state index is 12.8. The standard InChI is InChI=1S/C16H13BrN2O2/c1-10-11(17)5-3-7-13(10)19-9-18-12-6-4-8-14(21-2)15(12)16(19)20/h3-9H,1-2H3. The van der Waals surface area contributed by atoms with Gasteiger partial charge in [-0.05, 0) is 36.8 Å². The molecule has 0 saturated carbocycles. The average Bonchev–Trinajstić information content (AvgIpc) is 2.50. The van der Waals surface area contributed by atoms with Gasteiger partial charge in [0, 0.05) is 4.47 Å². The number of fused-ring (bicyclic) bond motifs is 1. The summed E-state index contributed by atoms with van der Waals surface area (Å²) in [4.78, 5) is 17.2. The maximum Gasteiger partial charge on any atom is 0.269 e. The van der Waals surface area contributed by atoms with Crippen molar-refractivity contribution in [1.29, 1.82) is 0 Å². The van der Waals surface area contributed by atoms with E-state index in [0.29, 0.717) is 16.7 Å². The third-order valence-corrected chi connectivity index (χ3v) is 4.33. The molecule has 0 aliphatic rings. The second-order valence-corrected chi connectivity index (χ2v) is 5.51. The zero-order valence-corrected chi connectivity index (χ0v) is 13.2. The van der Waals surface area contributed by atoms with Gasteiger partial charge < -0.3 is 4.74 Å². The van der Waals surface area contributed by atoms with Crippen LogP contribution in [-0.2, 0) is 0 Å². The fourth-order valence-electron chi connectivity index (χ4n) is 2.33. The highest BCUT2D eigenvalue weighted by molar-refractivity contribution is 9.10. The van der Waals surface area contributed by atoms with Crippen LogP contribution in [0.2, 0.25) is 0 Å². The fourth-order valence-corrected chi connectivity index (χ4v) is 2.69. The summed E-state index contributed by atoms with van der Waals surface area (Å²) in [5, 5.41) is 0.488. The van der Waals surface area contributed by atoms with E-state index in [2.05, 4.69) is 20.9 Å². The smallest absolute Gasteiger partial charge is 0.269 e. The number of ether oxygens (including phenoxy) is 1. The van der Waals surface area contributed by atoms with Gasteiger partial charge in [0.05, 0.1) is 18.3 Å². The largest absolute Gasteiger partial charge is 0.496 e. The number of aromatic nitrogens is 2. The van der Waals surface area contributed by atoms with Crippen LogP contribution in [0.25, 0.3) is 16.6 Å². The molecule has 21 heavy (non-hydrogen) atoms. The summed E-state index contributed by atoms with van der Waals surface area (Å²) in [7, 11) is 1.55. The fraction of sp³-hybridized carbons (Fsp3) is 0.125. The van der Waals surface area contributed by atoms with Crippen molar-refractivity contribution in [3.63, 3.8) is 0 Å². The second kappa shape index (κ2) is 5.33. The van der Waals surface area contributed by atoms with Gasteiger partial charge in [-0.3, -0.25) is 9.36 Å². The van der Waals surface area contributed by atoms with Crippen molar-refractivity contribution in [3.05, 3.63) is 63.1 Å². The summed E-state index contributed by atoms with van der Waals surface area (Å²) in [6.45, 7) is 1.96. The third-order valence-electron chi connectivity index (χ3n) is 3.47. The van der Waals surface area contributed by atoms with E-state index in [1.165, 1.54) is 0 Å². The molecule has 0 atom stereocenters. The molecule has 0 unspecified atom stereocenters. The van der Waals surface area contributed by atoms with Crippen LogP contribution in [-0.4, -0.2) is 16.7 Å². The van der Waals surface area contributed by atoms with E-state index in [4.69, 9.17) is 4.74 Å². The van der Waals surface area contributed by atoms with Crippen LogP contribution in [0.15, 0.2) is 52.0 Å². The van der Waals surface area contributed by atoms with E-state index in [-0.39, 0.29) is 5.56 Å². The van der Waals surface area contributed by atoms with Crippen molar-refractivity contribution in [2.45, 2.75) is 6.92 Å². The number of hydrogen-bond acceptors (Lipinski definition) is 3. The number of nitrogens with zero attached hydrogens (tertiary/aromatic N) is 2. The van der Waals surface area contributed by atoms with Gasteiger partial charge in [0.25, 0.3) is 5.56 Å². The van der Waals surface area contributed by atoms with Crippen molar-refractivity contribution in [3.8, 4) is 11.4 Å². The minimum absolute atomic E-state index is 0.140. The molecule has 0 radical (unpaired) electrons. The van der Waals surface area contributed by atoms with Gasteiger partial charge in [0.1, 0.15) is 17.5 Å². The zero-order chi connectivity index (χ0) is 15.0. The van der Waals surface area contributed by atoms with Crippen molar-refractivity contribution in [2.24, 2.45) is 0 Å². The maximum atomic E-state index is 12.8. The quantitative estimate of drug-likeness (QED) is 0.714. The SMILES string of the molecule is COc1cccc2ncn(-c3cccc(Br)c3C)c(=O)c12. The van der Waals surface area contributed by atoms with E-state index >= 15 is 0 Å². The molecule has 0 aliphatic carbocycles. The molecule has 1 aromatic heterocycles. The molecular formula is C16H13BrN2O2. The zero-order valence-electron chi connectivity index (χ0n) is 11.6. The highest BCUT2D eigenvalue weighted by Crippen LogP contribution is 2.24. The summed E-state index contributed by atoms with van der Waals surface area (Å²) in [5.74, 6) is 0.534. The van der Waals surface area contributed by atoms with E-state index in [9.17, 15) is 4.79 Å². The molecule has 106 valence electrons. The second-order valence-electron chi connectivity index (χ2n) is 4.66. The minimum Gasteiger partial charge on any atom is -0.496 e. The van der Waals surface area contributed by atoms with Crippen molar-refractivity contribution >= 4 is 26.8 Å². The molecule has 1 heterocycles. The van der Waals surface area contributed by atoms with Gasteiger partial charge in [0.2, 0.25) is 0 Å². The Morgan fingerprint density at radius 2 is 1.95 bits per heavy atom. The van der Waals surface area contributed by atoms with E-state index in [0.717, 1.165) is 15.7 Å². The molecule has 0 N–H and O–H groups in total. The van der Waals surface area contributed by atoms with Crippen molar-refractivity contribution < 1.29 is 4.74 Å². The van der Waals surface area contributed by atoms with Gasteiger partial charge in [-0.15, -0.1) is 0 Å². The molecule has 3 rings (SSSR count). The van der Waals surface area contributed by atoms with Gasteiger partial charge in [0.15, 0.2) is 0 Å². The van der Waals surface area contributed by atoms with E-state index in [1.54, 1.807) is 30.1 Å². The van der Waals surface area contributed by atoms with E-state index < -0.39 is 0 Å². The van der Waals surface area contributed by atoms with Crippen LogP contribution in [0.4, 0.5) is 0 Å². The summed E-state index contributed by atoms with van der Waals surface area (Å²) in [5.41, 5.74) is 2.27. The molecule has 3 aromatic rings. The lowest BCUT2D eigenvalue weighted by Gasteiger charge is -2.12. The first-order chi connectivity index (χ1) is 10.1. The minimum atomic E-state index is -0.140. The summed E-state index contributed by atoms with van der Waals surface area (Å²) in [6, 6.07) is 11.1. The molecule has 5 heteroatoms. The van der Waals surface area contributed by atoms with Crippen LogP contribution in [0.3, 0.4) is 0 Å². The highest BCUT2D eigenvalue weighted by atomic mass is 79.9. The lowest BCUT2D eigenvalue weighted by atomic mass is 10.2. The Hall–Kier alpha value is -2.14. The van der Waals surface area contributed by atoms with Crippen LogP contribution in [0.5, 0.6) is 5.75 Å². The molecule has 4 nitrogen and oxygen atoms in total. The molecule has 0 spiro atoms. The lowest BCUT2D eigenvalue weighted by Crippen LogP contribution is -2.20. The summed E-state index contributed by atoms with van der Waals surface area (Å²) in [6.07, 6.45) is 1.55. The predicted molar refractivity (Wildman–Crippen MR) is 86.3 cm³/mol. The lowest BCUT2D eigenvalue weighted by molar-refractivity contribution is 0.419. The normalized spacial score (nSPS) is 10.8. The molecular weight excluding hydrogens is 332 g/mol. The first kappa shape index (κ1) is 13.8. The summed E-state index contributed by atoms with van der Waals surface area (Å²) < 4.78 is 7.79. The molecule has 2 aromatic carbocycles. The monoisotopic (exact) mass is 344 g/mol. The number of benzene rings is 2. The number of methoxy groups -OCH3 is 1. The topological polar surface area (TPSA) is 44.1 Å². The Morgan fingerprint density at radius 1 is 1.19 bits per heavy atom. The average molecular weight is 345 g/mol. The van der Waals surface area contributed by atoms with Gasteiger partial charge in [-0.25, -0.2) is 4.98 Å². The molecule has 0 fully saturated rings. The van der Waals surface area contributed by atoms with Gasteiger partial charge in [-0.2, -0.15) is 0 Å². The number of rotatable bonds is 2. The summed E-state index contributed by atoms with van der Waals surface area (Å²) >= 11 is 3.49. The molecule has 0 aliphatic heterocycles. The van der Waals surface area contributed by atoms with E-state index in [1.807, 2.05) is 31.2 Å². The van der Waals surface area contributed by atoms with Crippen LogP contribution < -0.4 is 10.3 Å². The third kappa shape index (κ3) is 2.23. The number of hydrogen-bond donors (Lipinski definition) is 0. The molecule has 0 amide bonds. The van der Waals surface area contributed by atoms with Crippen LogP contribution in [0, 0.1) is 6.92 Å². The van der Waals surface area contributed by atoms with Crippen molar-refractivity contribution in [2.75, 3.05) is 7.11 Å². The van der Waals surface area contributed by atoms with Crippen molar-refractivity contribution in [1.82, 2.24) is 9.55 Å². The molecule has 0 bridgehead atoms. The van der Waals surface area contributed by atoms with Gasteiger partial charge in [-0.1, -0.05) is 28.1 Å². The Bertz CT molecular complexity index is 887. The molecule has 0 saturated heterocycles. The predicted octanol–water partition coefficient (Wildman–Crippen LogP) is 3.47. The first-order valence-electron chi connectivity index (χ1n) is 6.43. The Labute approximate surface area is 130 Å². The van der Waals surface area contributed by atoms with Crippen LogP contribution in [0.1, 0.15) is 5.56 Å².